The molecule has 0 aliphatic rings. The summed E-state index contributed by atoms with van der Waals surface area (Å²) in [7, 11) is 0. The maximum atomic E-state index is 11.5. The van der Waals surface area contributed by atoms with Crippen LogP contribution >= 0.6 is 0 Å². The van der Waals surface area contributed by atoms with E-state index in [1.165, 1.54) is 22.9 Å². The summed E-state index contributed by atoms with van der Waals surface area (Å²) in [5, 5.41) is 26.6. The molecule has 126 valence electrons. The Morgan fingerprint density at radius 1 is 1.08 bits per heavy atom. The fourth-order valence-electron chi connectivity index (χ4n) is 2.51. The SMILES string of the molecule is NCc1cccc(-c2cn(-c3cccc(C(=O)O)c3C(=O)O)nn2)c1. The van der Waals surface area contributed by atoms with Gasteiger partial charge in [0.2, 0.25) is 0 Å². The highest BCUT2D eigenvalue weighted by Gasteiger charge is 2.22. The summed E-state index contributed by atoms with van der Waals surface area (Å²) in [6, 6.07) is 11.6. The number of carboxylic acid groups (broad SMARTS) is 2. The van der Waals surface area contributed by atoms with E-state index in [2.05, 4.69) is 10.3 Å². The van der Waals surface area contributed by atoms with Crippen molar-refractivity contribution in [2.75, 3.05) is 0 Å². The average molecular weight is 338 g/mol. The topological polar surface area (TPSA) is 131 Å². The van der Waals surface area contributed by atoms with Gasteiger partial charge in [-0.2, -0.15) is 0 Å². The molecule has 8 nitrogen and oxygen atoms in total. The van der Waals surface area contributed by atoms with Crippen LogP contribution in [-0.4, -0.2) is 37.1 Å². The second-order valence-electron chi connectivity index (χ2n) is 5.26. The van der Waals surface area contributed by atoms with Gasteiger partial charge in [-0.05, 0) is 23.8 Å². The molecule has 25 heavy (non-hydrogen) atoms. The Kier molecular flexibility index (Phi) is 4.27. The number of rotatable bonds is 5. The summed E-state index contributed by atoms with van der Waals surface area (Å²) >= 11 is 0. The van der Waals surface area contributed by atoms with Crippen molar-refractivity contribution < 1.29 is 19.8 Å². The van der Waals surface area contributed by atoms with Gasteiger partial charge in [-0.3, -0.25) is 0 Å². The predicted octanol–water partition coefficient (Wildman–Crippen LogP) is 1.79. The molecule has 0 spiro atoms. The van der Waals surface area contributed by atoms with Crippen LogP contribution in [0.15, 0.2) is 48.7 Å². The minimum Gasteiger partial charge on any atom is -0.478 e. The van der Waals surface area contributed by atoms with Crippen molar-refractivity contribution in [1.29, 1.82) is 0 Å². The molecule has 1 heterocycles. The van der Waals surface area contributed by atoms with Crippen LogP contribution < -0.4 is 5.73 Å². The van der Waals surface area contributed by atoms with E-state index < -0.39 is 11.9 Å². The zero-order valence-corrected chi connectivity index (χ0v) is 13.0. The normalized spacial score (nSPS) is 10.6. The van der Waals surface area contributed by atoms with Crippen LogP contribution in [0, 0.1) is 0 Å². The first-order valence-electron chi connectivity index (χ1n) is 7.33. The molecule has 0 aliphatic carbocycles. The Hall–Kier alpha value is -3.52. The van der Waals surface area contributed by atoms with Gasteiger partial charge in [0.1, 0.15) is 5.69 Å². The fraction of sp³-hybridized carbons (Fsp3) is 0.0588. The van der Waals surface area contributed by atoms with E-state index in [1.807, 2.05) is 24.3 Å². The standard InChI is InChI=1S/C17H14N4O4/c18-8-10-3-1-4-11(7-10)13-9-21(20-19-13)14-6-2-5-12(16(22)23)15(14)17(24)25/h1-7,9H,8,18H2,(H,22,23)(H,24,25). The summed E-state index contributed by atoms with van der Waals surface area (Å²) in [5.74, 6) is -2.68. The third kappa shape index (κ3) is 3.10. The van der Waals surface area contributed by atoms with Crippen LogP contribution in [-0.2, 0) is 6.54 Å². The molecule has 3 aromatic rings. The second kappa shape index (κ2) is 6.54. The van der Waals surface area contributed by atoms with Gasteiger partial charge in [0.05, 0.1) is 23.0 Å². The van der Waals surface area contributed by atoms with Crippen LogP contribution in [0.25, 0.3) is 16.9 Å². The Morgan fingerprint density at radius 3 is 2.52 bits per heavy atom. The Bertz CT molecular complexity index is 965. The molecule has 0 bridgehead atoms. The number of nitrogens with two attached hydrogens (primary N) is 1. The van der Waals surface area contributed by atoms with E-state index in [0.717, 1.165) is 11.1 Å². The van der Waals surface area contributed by atoms with Crippen molar-refractivity contribution in [2.24, 2.45) is 5.73 Å². The number of hydrogen-bond donors (Lipinski definition) is 3. The third-order valence-corrected chi connectivity index (χ3v) is 3.69. The molecule has 0 radical (unpaired) electrons. The lowest BCUT2D eigenvalue weighted by Crippen LogP contribution is -2.13. The summed E-state index contributed by atoms with van der Waals surface area (Å²) in [6.45, 7) is 0.381. The average Bonchev–Trinajstić information content (AvgIpc) is 3.11. The summed E-state index contributed by atoms with van der Waals surface area (Å²) in [5.41, 5.74) is 7.32. The van der Waals surface area contributed by atoms with Gasteiger partial charge >= 0.3 is 11.9 Å². The van der Waals surface area contributed by atoms with Crippen molar-refractivity contribution >= 4 is 11.9 Å². The minimum atomic E-state index is -1.35. The van der Waals surface area contributed by atoms with Gasteiger partial charge in [-0.15, -0.1) is 5.10 Å². The van der Waals surface area contributed by atoms with E-state index in [9.17, 15) is 19.8 Å². The highest BCUT2D eigenvalue weighted by atomic mass is 16.4. The van der Waals surface area contributed by atoms with Crippen molar-refractivity contribution in [3.8, 4) is 16.9 Å². The Labute approximate surface area is 142 Å². The van der Waals surface area contributed by atoms with E-state index in [0.29, 0.717) is 12.2 Å². The maximum absolute atomic E-state index is 11.5. The largest absolute Gasteiger partial charge is 0.478 e. The molecule has 0 unspecified atom stereocenters. The van der Waals surface area contributed by atoms with Crippen LogP contribution in [0.4, 0.5) is 0 Å². The second-order valence-corrected chi connectivity index (χ2v) is 5.26. The molecule has 0 amide bonds. The quantitative estimate of drug-likeness (QED) is 0.646. The van der Waals surface area contributed by atoms with Gasteiger partial charge in [0.15, 0.2) is 0 Å². The lowest BCUT2D eigenvalue weighted by atomic mass is 10.1. The number of carboxylic acids is 2. The lowest BCUT2D eigenvalue weighted by Gasteiger charge is -2.08. The summed E-state index contributed by atoms with van der Waals surface area (Å²) in [4.78, 5) is 22.8. The molecular weight excluding hydrogens is 324 g/mol. The zero-order valence-electron chi connectivity index (χ0n) is 13.0. The monoisotopic (exact) mass is 338 g/mol. The van der Waals surface area contributed by atoms with Gasteiger partial charge in [0, 0.05) is 12.1 Å². The number of benzene rings is 2. The van der Waals surface area contributed by atoms with Crippen LogP contribution in [0.5, 0.6) is 0 Å². The van der Waals surface area contributed by atoms with Crippen molar-refractivity contribution in [1.82, 2.24) is 15.0 Å². The fourth-order valence-corrected chi connectivity index (χ4v) is 2.51. The smallest absolute Gasteiger partial charge is 0.338 e. The molecule has 4 N–H and O–H groups in total. The van der Waals surface area contributed by atoms with Crippen molar-refractivity contribution in [3.63, 3.8) is 0 Å². The molecular formula is C17H14N4O4. The Balaban J connectivity index is 2.10. The summed E-state index contributed by atoms with van der Waals surface area (Å²) < 4.78 is 1.25. The van der Waals surface area contributed by atoms with Gasteiger partial charge in [0.25, 0.3) is 0 Å². The molecule has 0 saturated carbocycles. The molecule has 0 atom stereocenters. The van der Waals surface area contributed by atoms with Gasteiger partial charge in [-0.1, -0.05) is 29.5 Å². The lowest BCUT2D eigenvalue weighted by molar-refractivity contribution is 0.0651. The minimum absolute atomic E-state index is 0.126. The summed E-state index contributed by atoms with van der Waals surface area (Å²) in [6.07, 6.45) is 1.54. The van der Waals surface area contributed by atoms with E-state index in [4.69, 9.17) is 5.73 Å². The first-order chi connectivity index (χ1) is 12.0. The number of nitrogens with zero attached hydrogens (tertiary/aromatic N) is 3. The zero-order chi connectivity index (χ0) is 18.0. The molecule has 1 aromatic heterocycles. The molecule has 8 heteroatoms. The highest BCUT2D eigenvalue weighted by molar-refractivity contribution is 6.04. The maximum Gasteiger partial charge on any atom is 0.338 e. The molecule has 0 saturated heterocycles. The van der Waals surface area contributed by atoms with Gasteiger partial charge < -0.3 is 15.9 Å². The number of aromatic nitrogens is 3. The van der Waals surface area contributed by atoms with Crippen LogP contribution in [0.3, 0.4) is 0 Å². The number of carbonyl (C=O) groups is 2. The van der Waals surface area contributed by atoms with Crippen molar-refractivity contribution in [2.45, 2.75) is 6.54 Å². The highest BCUT2D eigenvalue weighted by Crippen LogP contribution is 2.22. The molecule has 0 fully saturated rings. The molecule has 2 aromatic carbocycles. The van der Waals surface area contributed by atoms with Crippen molar-refractivity contribution in [3.05, 3.63) is 65.4 Å². The number of hydrogen-bond acceptors (Lipinski definition) is 5. The molecule has 0 aliphatic heterocycles. The van der Waals surface area contributed by atoms with Crippen LogP contribution in [0.2, 0.25) is 0 Å². The number of aromatic carboxylic acids is 2. The first-order valence-corrected chi connectivity index (χ1v) is 7.33. The van der Waals surface area contributed by atoms with Crippen LogP contribution in [0.1, 0.15) is 26.3 Å². The van der Waals surface area contributed by atoms with Gasteiger partial charge in [-0.25, -0.2) is 14.3 Å². The predicted molar refractivity (Wildman–Crippen MR) is 88.6 cm³/mol. The first kappa shape index (κ1) is 16.3. The Morgan fingerprint density at radius 2 is 1.84 bits per heavy atom. The third-order valence-electron chi connectivity index (χ3n) is 3.69. The molecule has 3 rings (SSSR count). The van der Waals surface area contributed by atoms with E-state index in [-0.39, 0.29) is 16.8 Å². The van der Waals surface area contributed by atoms with E-state index in [1.54, 1.807) is 6.20 Å². The van der Waals surface area contributed by atoms with E-state index >= 15 is 0 Å².